The predicted octanol–water partition coefficient (Wildman–Crippen LogP) is 2.03. The lowest BCUT2D eigenvalue weighted by atomic mass is 10.0. The zero-order valence-corrected chi connectivity index (χ0v) is 10.5. The quantitative estimate of drug-likeness (QED) is 0.782. The molecular weight excluding hydrogens is 214 g/mol. The van der Waals surface area contributed by atoms with Crippen LogP contribution < -0.4 is 0 Å². The number of carbonyl (C=O) groups excluding carboxylic acids is 1. The standard InChI is InChI=1S/C14H19NO2/c1-3-12-5-4-11(2)13(10-12)14(16)15-6-8-17-9-7-15/h4-5,10H,3,6-9H2,1-2H3. The second-order valence-electron chi connectivity index (χ2n) is 4.41. The minimum atomic E-state index is 0.140. The summed E-state index contributed by atoms with van der Waals surface area (Å²) in [6, 6.07) is 6.14. The third kappa shape index (κ3) is 2.67. The van der Waals surface area contributed by atoms with E-state index in [4.69, 9.17) is 4.74 Å². The first-order valence-electron chi connectivity index (χ1n) is 6.19. The molecule has 0 unspecified atom stereocenters. The van der Waals surface area contributed by atoms with Crippen molar-refractivity contribution >= 4 is 5.91 Å². The number of nitrogens with zero attached hydrogens (tertiary/aromatic N) is 1. The first-order valence-corrected chi connectivity index (χ1v) is 6.19. The Hall–Kier alpha value is -1.35. The Morgan fingerprint density at radius 3 is 2.71 bits per heavy atom. The molecule has 1 fully saturated rings. The lowest BCUT2D eigenvalue weighted by Gasteiger charge is -2.27. The van der Waals surface area contributed by atoms with Crippen molar-refractivity contribution in [2.75, 3.05) is 26.3 Å². The number of aryl methyl sites for hydroxylation is 2. The highest BCUT2D eigenvalue weighted by Crippen LogP contribution is 2.15. The molecule has 0 aromatic heterocycles. The Kier molecular flexibility index (Phi) is 3.79. The van der Waals surface area contributed by atoms with Crippen molar-refractivity contribution < 1.29 is 9.53 Å². The largest absolute Gasteiger partial charge is 0.378 e. The van der Waals surface area contributed by atoms with Crippen molar-refractivity contribution in [1.29, 1.82) is 0 Å². The number of ether oxygens (including phenoxy) is 1. The molecule has 1 aromatic rings. The Labute approximate surface area is 102 Å². The van der Waals surface area contributed by atoms with E-state index in [9.17, 15) is 4.79 Å². The third-order valence-electron chi connectivity index (χ3n) is 3.24. The predicted molar refractivity (Wildman–Crippen MR) is 67.3 cm³/mol. The van der Waals surface area contributed by atoms with Crippen LogP contribution in [0.1, 0.15) is 28.4 Å². The Bertz CT molecular complexity index is 409. The molecule has 1 aromatic carbocycles. The first-order chi connectivity index (χ1) is 8.22. The van der Waals surface area contributed by atoms with Crippen LogP contribution in [0.15, 0.2) is 18.2 Å². The lowest BCUT2D eigenvalue weighted by molar-refractivity contribution is 0.0302. The van der Waals surface area contributed by atoms with Gasteiger partial charge in [0.05, 0.1) is 13.2 Å². The molecule has 1 saturated heterocycles. The molecule has 1 aliphatic heterocycles. The molecule has 3 nitrogen and oxygen atoms in total. The van der Waals surface area contributed by atoms with E-state index in [-0.39, 0.29) is 5.91 Å². The first kappa shape index (κ1) is 12.1. The molecule has 2 rings (SSSR count). The van der Waals surface area contributed by atoms with Gasteiger partial charge in [0.25, 0.3) is 5.91 Å². The molecule has 1 heterocycles. The van der Waals surface area contributed by atoms with E-state index in [1.54, 1.807) is 0 Å². The summed E-state index contributed by atoms with van der Waals surface area (Å²) in [7, 11) is 0. The van der Waals surface area contributed by atoms with Crippen molar-refractivity contribution in [2.45, 2.75) is 20.3 Å². The summed E-state index contributed by atoms with van der Waals surface area (Å²) in [5.74, 6) is 0.140. The van der Waals surface area contributed by atoms with Crippen LogP contribution in [-0.2, 0) is 11.2 Å². The Balaban J connectivity index is 2.22. The average Bonchev–Trinajstić information content (AvgIpc) is 2.39. The molecule has 92 valence electrons. The molecule has 0 N–H and O–H groups in total. The van der Waals surface area contributed by atoms with Crippen molar-refractivity contribution in [2.24, 2.45) is 0 Å². The van der Waals surface area contributed by atoms with Gasteiger partial charge in [-0.2, -0.15) is 0 Å². The normalized spacial score (nSPS) is 16.0. The fourth-order valence-corrected chi connectivity index (χ4v) is 2.06. The minimum absolute atomic E-state index is 0.140. The van der Waals surface area contributed by atoms with Gasteiger partial charge < -0.3 is 9.64 Å². The van der Waals surface area contributed by atoms with Crippen LogP contribution in [0.3, 0.4) is 0 Å². The fourth-order valence-electron chi connectivity index (χ4n) is 2.06. The van der Waals surface area contributed by atoms with Gasteiger partial charge in [-0.3, -0.25) is 4.79 Å². The fraction of sp³-hybridized carbons (Fsp3) is 0.500. The van der Waals surface area contributed by atoms with Crippen LogP contribution in [0, 0.1) is 6.92 Å². The van der Waals surface area contributed by atoms with Gasteiger partial charge in [0, 0.05) is 18.7 Å². The Morgan fingerprint density at radius 1 is 1.35 bits per heavy atom. The number of amides is 1. The maximum absolute atomic E-state index is 12.4. The zero-order chi connectivity index (χ0) is 12.3. The molecule has 0 radical (unpaired) electrons. The second kappa shape index (κ2) is 5.32. The maximum Gasteiger partial charge on any atom is 0.254 e. The number of rotatable bonds is 2. The summed E-state index contributed by atoms with van der Waals surface area (Å²) in [5, 5.41) is 0. The molecule has 0 spiro atoms. The summed E-state index contributed by atoms with van der Waals surface area (Å²) in [4.78, 5) is 14.2. The smallest absolute Gasteiger partial charge is 0.254 e. The van der Waals surface area contributed by atoms with Crippen LogP contribution >= 0.6 is 0 Å². The summed E-state index contributed by atoms with van der Waals surface area (Å²) in [6.07, 6.45) is 0.962. The van der Waals surface area contributed by atoms with Gasteiger partial charge in [-0.05, 0) is 30.5 Å². The van der Waals surface area contributed by atoms with E-state index in [1.807, 2.05) is 24.0 Å². The van der Waals surface area contributed by atoms with Gasteiger partial charge in [-0.25, -0.2) is 0 Å². The molecular formula is C14H19NO2. The lowest BCUT2D eigenvalue weighted by Crippen LogP contribution is -2.41. The van der Waals surface area contributed by atoms with E-state index < -0.39 is 0 Å². The summed E-state index contributed by atoms with van der Waals surface area (Å²) in [6.45, 7) is 6.81. The van der Waals surface area contributed by atoms with Gasteiger partial charge in [0.2, 0.25) is 0 Å². The number of hydrogen-bond acceptors (Lipinski definition) is 2. The number of morpholine rings is 1. The second-order valence-corrected chi connectivity index (χ2v) is 4.41. The van der Waals surface area contributed by atoms with Crippen LogP contribution in [0.5, 0.6) is 0 Å². The SMILES string of the molecule is CCc1ccc(C)c(C(=O)N2CCOCC2)c1. The summed E-state index contributed by atoms with van der Waals surface area (Å²) < 4.78 is 5.27. The molecule has 1 amide bonds. The van der Waals surface area contributed by atoms with Gasteiger partial charge in [-0.15, -0.1) is 0 Å². The van der Waals surface area contributed by atoms with Gasteiger partial charge in [0.1, 0.15) is 0 Å². The average molecular weight is 233 g/mol. The Morgan fingerprint density at radius 2 is 2.06 bits per heavy atom. The molecule has 0 saturated carbocycles. The highest BCUT2D eigenvalue weighted by molar-refractivity contribution is 5.95. The van der Waals surface area contributed by atoms with E-state index >= 15 is 0 Å². The van der Waals surface area contributed by atoms with Crippen LogP contribution in [-0.4, -0.2) is 37.1 Å². The van der Waals surface area contributed by atoms with Crippen LogP contribution in [0.2, 0.25) is 0 Å². The van der Waals surface area contributed by atoms with Crippen molar-refractivity contribution in [3.8, 4) is 0 Å². The number of benzene rings is 1. The molecule has 0 aliphatic carbocycles. The monoisotopic (exact) mass is 233 g/mol. The van der Waals surface area contributed by atoms with E-state index in [0.29, 0.717) is 26.3 Å². The van der Waals surface area contributed by atoms with Crippen molar-refractivity contribution in [3.63, 3.8) is 0 Å². The molecule has 3 heteroatoms. The van der Waals surface area contributed by atoms with E-state index in [1.165, 1.54) is 5.56 Å². The minimum Gasteiger partial charge on any atom is -0.378 e. The van der Waals surface area contributed by atoms with E-state index in [2.05, 4.69) is 13.0 Å². The molecule has 1 aliphatic rings. The van der Waals surface area contributed by atoms with Crippen LogP contribution in [0.25, 0.3) is 0 Å². The highest BCUT2D eigenvalue weighted by atomic mass is 16.5. The third-order valence-corrected chi connectivity index (χ3v) is 3.24. The van der Waals surface area contributed by atoms with Gasteiger partial charge >= 0.3 is 0 Å². The van der Waals surface area contributed by atoms with Crippen molar-refractivity contribution in [1.82, 2.24) is 4.90 Å². The molecule has 0 bridgehead atoms. The van der Waals surface area contributed by atoms with Crippen LogP contribution in [0.4, 0.5) is 0 Å². The zero-order valence-electron chi connectivity index (χ0n) is 10.5. The van der Waals surface area contributed by atoms with Gasteiger partial charge in [-0.1, -0.05) is 19.1 Å². The topological polar surface area (TPSA) is 29.5 Å². The van der Waals surface area contributed by atoms with Gasteiger partial charge in [0.15, 0.2) is 0 Å². The highest BCUT2D eigenvalue weighted by Gasteiger charge is 2.19. The molecule has 17 heavy (non-hydrogen) atoms. The summed E-state index contributed by atoms with van der Waals surface area (Å²) >= 11 is 0. The summed E-state index contributed by atoms with van der Waals surface area (Å²) in [5.41, 5.74) is 3.11. The number of carbonyl (C=O) groups is 1. The van der Waals surface area contributed by atoms with Crippen molar-refractivity contribution in [3.05, 3.63) is 34.9 Å². The van der Waals surface area contributed by atoms with E-state index in [0.717, 1.165) is 17.5 Å². The maximum atomic E-state index is 12.4. The molecule has 0 atom stereocenters. The number of hydrogen-bond donors (Lipinski definition) is 0.